The van der Waals surface area contributed by atoms with Crippen LogP contribution in [0, 0.1) is 13.8 Å². The lowest BCUT2D eigenvalue weighted by molar-refractivity contribution is -0.115. The first-order chi connectivity index (χ1) is 18.2. The lowest BCUT2D eigenvalue weighted by Gasteiger charge is -2.21. The van der Waals surface area contributed by atoms with Gasteiger partial charge in [-0.3, -0.25) is 4.79 Å². The van der Waals surface area contributed by atoms with Crippen molar-refractivity contribution in [1.82, 2.24) is 15.0 Å². The molecule has 0 spiro atoms. The first-order valence-electron chi connectivity index (χ1n) is 12.5. The molecular formula is C30H34N4O4. The molecule has 8 nitrogen and oxygen atoms in total. The van der Waals surface area contributed by atoms with Crippen molar-refractivity contribution in [1.29, 1.82) is 0 Å². The summed E-state index contributed by atoms with van der Waals surface area (Å²) in [7, 11) is 5.61. The molecule has 3 aromatic carbocycles. The number of aromatic nitrogens is 2. The Labute approximate surface area is 223 Å². The lowest BCUT2D eigenvalue weighted by Crippen LogP contribution is -2.30. The maximum Gasteiger partial charge on any atom is 0.228 e. The van der Waals surface area contributed by atoms with Crippen molar-refractivity contribution < 1.29 is 18.8 Å². The van der Waals surface area contributed by atoms with E-state index in [2.05, 4.69) is 46.3 Å². The topological polar surface area (TPSA) is 89.7 Å². The molecule has 0 saturated carbocycles. The third-order valence-electron chi connectivity index (χ3n) is 6.45. The Hall–Kier alpha value is -4.17. The van der Waals surface area contributed by atoms with E-state index in [1.165, 1.54) is 0 Å². The highest BCUT2D eigenvalue weighted by Gasteiger charge is 2.13. The van der Waals surface area contributed by atoms with E-state index in [1.807, 2.05) is 50.5 Å². The van der Waals surface area contributed by atoms with Gasteiger partial charge in [-0.15, -0.1) is 0 Å². The number of hydrogen-bond donors (Lipinski definition) is 1. The molecule has 1 heterocycles. The Morgan fingerprint density at radius 1 is 1.00 bits per heavy atom. The monoisotopic (exact) mass is 514 g/mol. The molecule has 4 rings (SSSR count). The van der Waals surface area contributed by atoms with Gasteiger partial charge < -0.3 is 24.2 Å². The number of nitrogens with zero attached hydrogens (tertiary/aromatic N) is 3. The minimum absolute atomic E-state index is 0.105. The van der Waals surface area contributed by atoms with Crippen LogP contribution in [-0.4, -0.2) is 54.8 Å². The van der Waals surface area contributed by atoms with Crippen LogP contribution in [0.5, 0.6) is 11.5 Å². The molecule has 0 radical (unpaired) electrons. The van der Waals surface area contributed by atoms with Crippen molar-refractivity contribution in [3.63, 3.8) is 0 Å². The van der Waals surface area contributed by atoms with Crippen molar-refractivity contribution >= 4 is 11.6 Å². The van der Waals surface area contributed by atoms with E-state index in [0.717, 1.165) is 27.8 Å². The zero-order chi connectivity index (χ0) is 27.2. The van der Waals surface area contributed by atoms with Crippen LogP contribution < -0.4 is 14.8 Å². The molecule has 0 saturated heterocycles. The van der Waals surface area contributed by atoms with Crippen molar-refractivity contribution in [3.8, 4) is 34.0 Å². The third kappa shape index (κ3) is 6.58. The fraction of sp³-hybridized carbons (Fsp3) is 0.300. The van der Waals surface area contributed by atoms with Crippen LogP contribution in [0.1, 0.15) is 23.9 Å². The second-order valence-corrected chi connectivity index (χ2v) is 9.58. The van der Waals surface area contributed by atoms with E-state index in [4.69, 9.17) is 14.0 Å². The predicted molar refractivity (Wildman–Crippen MR) is 149 cm³/mol. The molecule has 1 N–H and O–H groups in total. The molecule has 0 fully saturated rings. The third-order valence-corrected chi connectivity index (χ3v) is 6.45. The number of nitrogens with one attached hydrogen (secondary N) is 1. The van der Waals surface area contributed by atoms with Crippen LogP contribution in [0.2, 0.25) is 0 Å². The predicted octanol–water partition coefficient (Wildman–Crippen LogP) is 5.54. The zero-order valence-electron chi connectivity index (χ0n) is 22.7. The summed E-state index contributed by atoms with van der Waals surface area (Å²) in [6.45, 7) is 6.42. The van der Waals surface area contributed by atoms with Crippen LogP contribution in [-0.2, 0) is 11.2 Å². The maximum atomic E-state index is 12.8. The summed E-state index contributed by atoms with van der Waals surface area (Å²) < 4.78 is 16.5. The Morgan fingerprint density at radius 3 is 2.37 bits per heavy atom. The maximum absolute atomic E-state index is 12.8. The first kappa shape index (κ1) is 26.9. The number of likely N-dealkylation sites (N-methyl/N-ethyl adjacent to an activating group) is 1. The number of benzene rings is 3. The molecule has 0 aliphatic carbocycles. The van der Waals surface area contributed by atoms with Gasteiger partial charge in [-0.05, 0) is 68.4 Å². The highest BCUT2D eigenvalue weighted by molar-refractivity contribution is 5.92. The smallest absolute Gasteiger partial charge is 0.228 e. The molecule has 0 aliphatic rings. The standard InChI is InChI=1S/C30H34N4O4/c1-19-15-24(30-31-21(3)38-33-30)11-13-26(19)23-9-7-22(8-10-23)16-29(35)32-25-12-14-27(36-6)28(17-25)37-18-20(2)34(4)5/h7-15,17,20H,16,18H2,1-6H3,(H,32,35). The molecule has 0 aliphatic heterocycles. The van der Waals surface area contributed by atoms with E-state index >= 15 is 0 Å². The second-order valence-electron chi connectivity index (χ2n) is 9.58. The summed E-state index contributed by atoms with van der Waals surface area (Å²) >= 11 is 0. The molecule has 8 heteroatoms. The van der Waals surface area contributed by atoms with E-state index in [1.54, 1.807) is 26.2 Å². The van der Waals surface area contributed by atoms with Crippen molar-refractivity contribution in [3.05, 3.63) is 77.7 Å². The summed E-state index contributed by atoms with van der Waals surface area (Å²) in [4.78, 5) is 19.2. The van der Waals surface area contributed by atoms with Gasteiger partial charge in [-0.2, -0.15) is 4.98 Å². The number of ether oxygens (including phenoxy) is 2. The summed E-state index contributed by atoms with van der Waals surface area (Å²) in [6.07, 6.45) is 0.259. The van der Waals surface area contributed by atoms with Gasteiger partial charge >= 0.3 is 0 Å². The molecule has 4 aromatic rings. The number of amides is 1. The molecule has 1 atom stereocenters. The minimum atomic E-state index is -0.105. The molecule has 38 heavy (non-hydrogen) atoms. The normalized spacial score (nSPS) is 11.9. The van der Waals surface area contributed by atoms with Crippen molar-refractivity contribution in [2.75, 3.05) is 33.1 Å². The van der Waals surface area contributed by atoms with Crippen LogP contribution >= 0.6 is 0 Å². The summed E-state index contributed by atoms with van der Waals surface area (Å²) in [5.41, 5.74) is 5.79. The number of rotatable bonds is 10. The average molecular weight is 515 g/mol. The van der Waals surface area contributed by atoms with Gasteiger partial charge in [0.05, 0.1) is 13.5 Å². The lowest BCUT2D eigenvalue weighted by atomic mass is 9.97. The van der Waals surface area contributed by atoms with E-state index in [-0.39, 0.29) is 18.4 Å². The number of carbonyl (C=O) groups is 1. The van der Waals surface area contributed by atoms with Gasteiger partial charge in [-0.1, -0.05) is 41.6 Å². The molecule has 0 bridgehead atoms. The van der Waals surface area contributed by atoms with Gasteiger partial charge in [-0.25, -0.2) is 0 Å². The Balaban J connectivity index is 1.40. The molecule has 1 aromatic heterocycles. The van der Waals surface area contributed by atoms with Crippen molar-refractivity contribution in [2.45, 2.75) is 33.2 Å². The highest BCUT2D eigenvalue weighted by atomic mass is 16.5. The van der Waals surface area contributed by atoms with Gasteiger partial charge in [0.2, 0.25) is 17.6 Å². The van der Waals surface area contributed by atoms with E-state index in [0.29, 0.717) is 35.5 Å². The van der Waals surface area contributed by atoms with Gasteiger partial charge in [0.25, 0.3) is 0 Å². The van der Waals surface area contributed by atoms with Crippen LogP contribution in [0.25, 0.3) is 22.5 Å². The number of hydrogen-bond acceptors (Lipinski definition) is 7. The molecule has 1 amide bonds. The summed E-state index contributed by atoms with van der Waals surface area (Å²) in [5.74, 6) is 2.24. The van der Waals surface area contributed by atoms with Crippen molar-refractivity contribution in [2.24, 2.45) is 0 Å². The minimum Gasteiger partial charge on any atom is -0.493 e. The highest BCUT2D eigenvalue weighted by Crippen LogP contribution is 2.31. The number of carbonyl (C=O) groups excluding carboxylic acids is 1. The fourth-order valence-electron chi connectivity index (χ4n) is 3.96. The first-order valence-corrected chi connectivity index (χ1v) is 12.5. The van der Waals surface area contributed by atoms with Gasteiger partial charge in [0.15, 0.2) is 11.5 Å². The Bertz CT molecular complexity index is 1400. The number of aryl methyl sites for hydroxylation is 2. The zero-order valence-corrected chi connectivity index (χ0v) is 22.7. The molecule has 1 unspecified atom stereocenters. The Kier molecular flexibility index (Phi) is 8.43. The largest absolute Gasteiger partial charge is 0.493 e. The van der Waals surface area contributed by atoms with E-state index in [9.17, 15) is 4.79 Å². The quantitative estimate of drug-likeness (QED) is 0.297. The Morgan fingerprint density at radius 2 is 1.74 bits per heavy atom. The number of anilines is 1. The molecular weight excluding hydrogens is 480 g/mol. The second kappa shape index (κ2) is 11.9. The fourth-order valence-corrected chi connectivity index (χ4v) is 3.96. The van der Waals surface area contributed by atoms with Gasteiger partial charge in [0, 0.05) is 30.3 Å². The van der Waals surface area contributed by atoms with Crippen LogP contribution in [0.4, 0.5) is 5.69 Å². The van der Waals surface area contributed by atoms with Gasteiger partial charge in [0.1, 0.15) is 6.61 Å². The number of methoxy groups -OCH3 is 1. The average Bonchev–Trinajstić information content (AvgIpc) is 3.34. The molecule has 198 valence electrons. The summed E-state index contributed by atoms with van der Waals surface area (Å²) in [5, 5.41) is 6.96. The van der Waals surface area contributed by atoms with Crippen LogP contribution in [0.15, 0.2) is 65.2 Å². The van der Waals surface area contributed by atoms with Crippen LogP contribution in [0.3, 0.4) is 0 Å². The van der Waals surface area contributed by atoms with E-state index < -0.39 is 0 Å². The summed E-state index contributed by atoms with van der Waals surface area (Å²) in [6, 6.07) is 19.8. The SMILES string of the molecule is COc1ccc(NC(=O)Cc2ccc(-c3ccc(-c4noc(C)n4)cc3C)cc2)cc1OCC(C)N(C)C.